The molecule has 2 rings (SSSR count). The molecule has 0 aromatic heterocycles. The average Bonchev–Trinajstić information content (AvgIpc) is 2.91. The van der Waals surface area contributed by atoms with Crippen LogP contribution < -0.4 is 0 Å². The molecule has 72 valence electrons. The van der Waals surface area contributed by atoms with E-state index in [0.29, 0.717) is 18.1 Å². The molecule has 0 bridgehead atoms. The summed E-state index contributed by atoms with van der Waals surface area (Å²) in [7, 11) is 1.81. The molecule has 0 spiro atoms. The third-order valence-corrected chi connectivity index (χ3v) is 3.04. The summed E-state index contributed by atoms with van der Waals surface area (Å²) >= 11 is 0. The highest BCUT2D eigenvalue weighted by Gasteiger charge is 2.37. The van der Waals surface area contributed by atoms with Gasteiger partial charge in [-0.1, -0.05) is 0 Å². The predicted octanol–water partition coefficient (Wildman–Crippen LogP) is 0.834. The van der Waals surface area contributed by atoms with Crippen LogP contribution in [0, 0.1) is 11.8 Å². The normalized spacial score (nSPS) is 29.2. The molecule has 0 radical (unpaired) electrons. The quantitative estimate of drug-likeness (QED) is 0.633. The van der Waals surface area contributed by atoms with Crippen molar-refractivity contribution >= 4 is 11.7 Å². The lowest BCUT2D eigenvalue weighted by molar-refractivity contribution is -0.138. The minimum absolute atomic E-state index is 0.0381. The standard InChI is InChI=1S/C10H15NO2/c1-11-5-4-8(6-9(11)12)10(13)7-2-3-7/h7-8H,2-6H2,1H3. The molecule has 1 atom stereocenters. The molecule has 0 aromatic carbocycles. The van der Waals surface area contributed by atoms with Gasteiger partial charge in [-0.2, -0.15) is 0 Å². The minimum atomic E-state index is 0.0381. The number of ketones is 1. The number of carbonyl (C=O) groups is 2. The summed E-state index contributed by atoms with van der Waals surface area (Å²) < 4.78 is 0. The second-order valence-electron chi connectivity index (χ2n) is 4.18. The smallest absolute Gasteiger partial charge is 0.223 e. The highest BCUT2D eigenvalue weighted by molar-refractivity contribution is 5.90. The van der Waals surface area contributed by atoms with Gasteiger partial charge in [0.2, 0.25) is 5.91 Å². The third kappa shape index (κ3) is 1.74. The number of likely N-dealkylation sites (tertiary alicyclic amines) is 1. The summed E-state index contributed by atoms with van der Waals surface area (Å²) in [4.78, 5) is 24.7. The Morgan fingerprint density at radius 2 is 2.00 bits per heavy atom. The number of rotatable bonds is 2. The topological polar surface area (TPSA) is 37.4 Å². The van der Waals surface area contributed by atoms with E-state index in [0.717, 1.165) is 25.8 Å². The van der Waals surface area contributed by atoms with E-state index in [1.165, 1.54) is 0 Å². The van der Waals surface area contributed by atoms with E-state index in [4.69, 9.17) is 0 Å². The van der Waals surface area contributed by atoms with Crippen molar-refractivity contribution in [2.45, 2.75) is 25.7 Å². The molecule has 1 saturated heterocycles. The number of Topliss-reactive ketones (excluding diaryl/α,β-unsaturated/α-hetero) is 1. The molecule has 0 N–H and O–H groups in total. The van der Waals surface area contributed by atoms with Gasteiger partial charge in [0.1, 0.15) is 5.78 Å². The summed E-state index contributed by atoms with van der Waals surface area (Å²) in [5, 5.41) is 0. The lowest BCUT2D eigenvalue weighted by atomic mass is 9.90. The summed E-state index contributed by atoms with van der Waals surface area (Å²) in [5.41, 5.74) is 0. The molecule has 2 fully saturated rings. The molecule has 1 amide bonds. The van der Waals surface area contributed by atoms with E-state index >= 15 is 0 Å². The van der Waals surface area contributed by atoms with Gasteiger partial charge in [0.05, 0.1) is 0 Å². The zero-order valence-corrected chi connectivity index (χ0v) is 7.95. The monoisotopic (exact) mass is 181 g/mol. The second kappa shape index (κ2) is 3.13. The number of hydrogen-bond donors (Lipinski definition) is 0. The van der Waals surface area contributed by atoms with E-state index < -0.39 is 0 Å². The largest absolute Gasteiger partial charge is 0.346 e. The van der Waals surface area contributed by atoms with Crippen LogP contribution in [-0.4, -0.2) is 30.2 Å². The van der Waals surface area contributed by atoms with Crippen molar-refractivity contribution in [2.75, 3.05) is 13.6 Å². The number of carbonyl (C=O) groups excluding carboxylic acids is 2. The Kier molecular flexibility index (Phi) is 2.10. The molecule has 1 saturated carbocycles. The van der Waals surface area contributed by atoms with Gasteiger partial charge >= 0.3 is 0 Å². The average molecular weight is 181 g/mol. The Labute approximate surface area is 78.1 Å². The molecule has 1 unspecified atom stereocenters. The Bertz CT molecular complexity index is 245. The van der Waals surface area contributed by atoms with Gasteiger partial charge in [-0.25, -0.2) is 0 Å². The van der Waals surface area contributed by atoms with Crippen LogP contribution in [0.25, 0.3) is 0 Å². The highest BCUT2D eigenvalue weighted by Crippen LogP contribution is 2.35. The van der Waals surface area contributed by atoms with Crippen LogP contribution >= 0.6 is 0 Å². The molecular formula is C10H15NO2. The van der Waals surface area contributed by atoms with Crippen LogP contribution in [0.1, 0.15) is 25.7 Å². The van der Waals surface area contributed by atoms with Crippen LogP contribution in [0.4, 0.5) is 0 Å². The Balaban J connectivity index is 1.94. The zero-order chi connectivity index (χ0) is 9.42. The van der Waals surface area contributed by atoms with Crippen LogP contribution in [0.2, 0.25) is 0 Å². The Morgan fingerprint density at radius 1 is 1.31 bits per heavy atom. The van der Waals surface area contributed by atoms with Crippen LogP contribution in [0.15, 0.2) is 0 Å². The molecule has 3 heteroatoms. The molecule has 0 aromatic rings. The first-order valence-corrected chi connectivity index (χ1v) is 4.96. The zero-order valence-electron chi connectivity index (χ0n) is 7.95. The minimum Gasteiger partial charge on any atom is -0.346 e. The summed E-state index contributed by atoms with van der Waals surface area (Å²) in [5.74, 6) is 0.823. The predicted molar refractivity (Wildman–Crippen MR) is 48.1 cm³/mol. The first-order valence-electron chi connectivity index (χ1n) is 4.96. The van der Waals surface area contributed by atoms with Crippen LogP contribution in [0.3, 0.4) is 0 Å². The van der Waals surface area contributed by atoms with Crippen molar-refractivity contribution in [2.24, 2.45) is 11.8 Å². The third-order valence-electron chi connectivity index (χ3n) is 3.04. The number of amides is 1. The molecule has 1 aliphatic heterocycles. The summed E-state index contributed by atoms with van der Waals surface area (Å²) in [6.07, 6.45) is 3.43. The molecule has 2 aliphatic rings. The maximum atomic E-state index is 11.6. The van der Waals surface area contributed by atoms with Gasteiger partial charge in [0.25, 0.3) is 0 Å². The van der Waals surface area contributed by atoms with E-state index in [1.807, 2.05) is 0 Å². The van der Waals surface area contributed by atoms with Crippen molar-refractivity contribution < 1.29 is 9.59 Å². The first kappa shape index (κ1) is 8.73. The Hall–Kier alpha value is -0.860. The van der Waals surface area contributed by atoms with Crippen molar-refractivity contribution in [3.8, 4) is 0 Å². The number of piperidine rings is 1. The van der Waals surface area contributed by atoms with Crippen LogP contribution in [-0.2, 0) is 9.59 Å². The lowest BCUT2D eigenvalue weighted by Crippen LogP contribution is -2.38. The fourth-order valence-corrected chi connectivity index (χ4v) is 1.89. The van der Waals surface area contributed by atoms with Gasteiger partial charge < -0.3 is 4.90 Å². The highest BCUT2D eigenvalue weighted by atomic mass is 16.2. The van der Waals surface area contributed by atoms with E-state index in [1.54, 1.807) is 11.9 Å². The van der Waals surface area contributed by atoms with Gasteiger partial charge in [0, 0.05) is 31.8 Å². The Morgan fingerprint density at radius 3 is 2.54 bits per heavy atom. The van der Waals surface area contributed by atoms with Crippen molar-refractivity contribution in [1.29, 1.82) is 0 Å². The SMILES string of the molecule is CN1CCC(C(=O)C2CC2)CC1=O. The maximum absolute atomic E-state index is 11.6. The number of nitrogens with zero attached hydrogens (tertiary/aromatic N) is 1. The van der Waals surface area contributed by atoms with Gasteiger partial charge in [-0.15, -0.1) is 0 Å². The first-order chi connectivity index (χ1) is 6.18. The van der Waals surface area contributed by atoms with Crippen molar-refractivity contribution in [3.05, 3.63) is 0 Å². The van der Waals surface area contributed by atoms with Crippen molar-refractivity contribution in [3.63, 3.8) is 0 Å². The van der Waals surface area contributed by atoms with Gasteiger partial charge in [-0.3, -0.25) is 9.59 Å². The summed E-state index contributed by atoms with van der Waals surface area (Å²) in [6.45, 7) is 0.752. The van der Waals surface area contributed by atoms with E-state index in [9.17, 15) is 9.59 Å². The molecular weight excluding hydrogens is 166 g/mol. The summed E-state index contributed by atoms with van der Waals surface area (Å²) in [6, 6.07) is 0. The second-order valence-corrected chi connectivity index (χ2v) is 4.18. The van der Waals surface area contributed by atoms with Crippen LogP contribution in [0.5, 0.6) is 0 Å². The fourth-order valence-electron chi connectivity index (χ4n) is 1.89. The maximum Gasteiger partial charge on any atom is 0.223 e. The van der Waals surface area contributed by atoms with E-state index in [-0.39, 0.29) is 11.8 Å². The molecule has 1 aliphatic carbocycles. The van der Waals surface area contributed by atoms with Gasteiger partial charge in [-0.05, 0) is 19.3 Å². The van der Waals surface area contributed by atoms with E-state index in [2.05, 4.69) is 0 Å². The molecule has 13 heavy (non-hydrogen) atoms. The van der Waals surface area contributed by atoms with Crippen molar-refractivity contribution in [1.82, 2.24) is 4.90 Å². The number of hydrogen-bond acceptors (Lipinski definition) is 2. The molecule has 3 nitrogen and oxygen atoms in total. The molecule has 1 heterocycles. The van der Waals surface area contributed by atoms with Gasteiger partial charge in [0.15, 0.2) is 0 Å². The lowest BCUT2D eigenvalue weighted by Gasteiger charge is -2.27. The fraction of sp³-hybridized carbons (Fsp3) is 0.800.